The highest BCUT2D eigenvalue weighted by Crippen LogP contribution is 2.29. The van der Waals surface area contributed by atoms with Crippen molar-refractivity contribution >= 4 is 21.6 Å². The highest BCUT2D eigenvalue weighted by molar-refractivity contribution is 9.10. The van der Waals surface area contributed by atoms with E-state index in [2.05, 4.69) is 27.9 Å². The second kappa shape index (κ2) is 4.51. The van der Waals surface area contributed by atoms with E-state index in [9.17, 15) is 10.1 Å². The number of hydrogen-bond acceptors (Lipinski definition) is 3. The van der Waals surface area contributed by atoms with E-state index in [-0.39, 0.29) is 10.6 Å². The van der Waals surface area contributed by atoms with Gasteiger partial charge in [-0.25, -0.2) is 0 Å². The number of hydrogen-bond donors (Lipinski definition) is 0. The maximum Gasteiger partial charge on any atom is 0.269 e. The van der Waals surface area contributed by atoms with Gasteiger partial charge >= 0.3 is 0 Å². The van der Waals surface area contributed by atoms with Crippen LogP contribution in [-0.2, 0) is 6.54 Å². The lowest BCUT2D eigenvalue weighted by atomic mass is 10.2. The number of rotatable bonds is 4. The van der Waals surface area contributed by atoms with Gasteiger partial charge in [-0.3, -0.25) is 15.0 Å². The summed E-state index contributed by atoms with van der Waals surface area (Å²) in [6, 6.07) is 5.56. The molecule has 16 heavy (non-hydrogen) atoms. The summed E-state index contributed by atoms with van der Waals surface area (Å²) in [6.45, 7) is 0.757. The summed E-state index contributed by atoms with van der Waals surface area (Å²) in [7, 11) is 2.06. The normalized spacial score (nSPS) is 15.4. The number of nitro benzene ring substituents is 1. The Morgan fingerprint density at radius 3 is 2.81 bits per heavy atom. The van der Waals surface area contributed by atoms with Gasteiger partial charge in [0.25, 0.3) is 5.69 Å². The van der Waals surface area contributed by atoms with Gasteiger partial charge in [-0.1, -0.05) is 15.9 Å². The van der Waals surface area contributed by atoms with Crippen LogP contribution in [-0.4, -0.2) is 22.9 Å². The standard InChI is InChI=1S/C11H13BrN2O2/c1-13(9-2-3-9)7-8-6-10(14(15)16)4-5-11(8)12/h4-6,9H,2-3,7H2,1H3. The predicted molar refractivity (Wildman–Crippen MR) is 65.3 cm³/mol. The molecular formula is C11H13BrN2O2. The van der Waals surface area contributed by atoms with Crippen molar-refractivity contribution in [3.63, 3.8) is 0 Å². The number of nitro groups is 1. The van der Waals surface area contributed by atoms with Crippen molar-refractivity contribution in [3.8, 4) is 0 Å². The monoisotopic (exact) mass is 284 g/mol. The molecule has 0 aliphatic heterocycles. The van der Waals surface area contributed by atoms with Gasteiger partial charge in [-0.2, -0.15) is 0 Å². The van der Waals surface area contributed by atoms with Gasteiger partial charge in [-0.15, -0.1) is 0 Å². The third kappa shape index (κ3) is 2.59. The zero-order chi connectivity index (χ0) is 11.7. The molecule has 1 fully saturated rings. The summed E-state index contributed by atoms with van der Waals surface area (Å²) >= 11 is 3.43. The average molecular weight is 285 g/mol. The molecule has 0 heterocycles. The molecule has 0 atom stereocenters. The first-order chi connectivity index (χ1) is 7.58. The number of benzene rings is 1. The van der Waals surface area contributed by atoms with E-state index < -0.39 is 0 Å². The molecule has 5 heteroatoms. The third-order valence-electron chi connectivity index (χ3n) is 2.83. The third-order valence-corrected chi connectivity index (χ3v) is 3.60. The maximum atomic E-state index is 10.7. The van der Waals surface area contributed by atoms with Gasteiger partial charge < -0.3 is 0 Å². The summed E-state index contributed by atoms with van der Waals surface area (Å²) in [5, 5.41) is 10.7. The van der Waals surface area contributed by atoms with E-state index in [0.29, 0.717) is 6.04 Å². The van der Waals surface area contributed by atoms with Crippen molar-refractivity contribution in [1.29, 1.82) is 0 Å². The first kappa shape index (κ1) is 11.5. The molecule has 0 aromatic heterocycles. The molecule has 0 bridgehead atoms. The minimum absolute atomic E-state index is 0.155. The Morgan fingerprint density at radius 2 is 2.25 bits per heavy atom. The van der Waals surface area contributed by atoms with Crippen LogP contribution < -0.4 is 0 Å². The van der Waals surface area contributed by atoms with E-state index >= 15 is 0 Å². The minimum Gasteiger partial charge on any atom is -0.299 e. The smallest absolute Gasteiger partial charge is 0.269 e. The number of non-ortho nitro benzene ring substituents is 1. The Bertz CT molecular complexity index is 418. The van der Waals surface area contributed by atoms with Crippen molar-refractivity contribution in [3.05, 3.63) is 38.3 Å². The van der Waals surface area contributed by atoms with E-state index in [0.717, 1.165) is 16.6 Å². The molecule has 1 aromatic carbocycles. The molecule has 4 nitrogen and oxygen atoms in total. The Labute approximate surface area is 103 Å². The molecule has 0 saturated heterocycles. The van der Waals surface area contributed by atoms with Crippen LogP contribution in [0.4, 0.5) is 5.69 Å². The maximum absolute atomic E-state index is 10.7. The Kier molecular flexibility index (Phi) is 3.25. The van der Waals surface area contributed by atoms with Gasteiger partial charge in [0, 0.05) is 29.2 Å². The van der Waals surface area contributed by atoms with Crippen molar-refractivity contribution in [2.24, 2.45) is 0 Å². The zero-order valence-electron chi connectivity index (χ0n) is 9.02. The molecule has 0 radical (unpaired) electrons. The molecule has 86 valence electrons. The summed E-state index contributed by atoms with van der Waals surface area (Å²) in [6.07, 6.45) is 2.48. The van der Waals surface area contributed by atoms with Crippen molar-refractivity contribution in [2.75, 3.05) is 7.05 Å². The zero-order valence-corrected chi connectivity index (χ0v) is 10.6. The molecule has 0 spiro atoms. The second-order valence-electron chi connectivity index (χ2n) is 4.18. The van der Waals surface area contributed by atoms with E-state index in [4.69, 9.17) is 0 Å². The van der Waals surface area contributed by atoms with Crippen molar-refractivity contribution in [2.45, 2.75) is 25.4 Å². The summed E-state index contributed by atoms with van der Waals surface area (Å²) < 4.78 is 0.936. The second-order valence-corrected chi connectivity index (χ2v) is 5.03. The van der Waals surface area contributed by atoms with Crippen LogP contribution in [0.5, 0.6) is 0 Å². The Morgan fingerprint density at radius 1 is 1.56 bits per heavy atom. The Balaban J connectivity index is 2.17. The number of halogens is 1. The molecule has 2 rings (SSSR count). The van der Waals surface area contributed by atoms with Crippen molar-refractivity contribution < 1.29 is 4.92 Å². The molecule has 0 unspecified atom stereocenters. The summed E-state index contributed by atoms with van der Waals surface area (Å²) in [4.78, 5) is 12.6. The fraction of sp³-hybridized carbons (Fsp3) is 0.455. The minimum atomic E-state index is -0.354. The molecule has 1 aliphatic rings. The predicted octanol–water partition coefficient (Wildman–Crippen LogP) is 2.95. The van der Waals surface area contributed by atoms with E-state index in [1.807, 2.05) is 0 Å². The van der Waals surface area contributed by atoms with Gasteiger partial charge in [-0.05, 0) is 31.5 Å². The molecular weight excluding hydrogens is 272 g/mol. The quantitative estimate of drug-likeness (QED) is 0.631. The van der Waals surface area contributed by atoms with Gasteiger partial charge in [0.1, 0.15) is 0 Å². The van der Waals surface area contributed by atoms with Crippen LogP contribution in [0, 0.1) is 10.1 Å². The van der Waals surface area contributed by atoms with Crippen LogP contribution in [0.25, 0.3) is 0 Å². The highest BCUT2D eigenvalue weighted by atomic mass is 79.9. The molecule has 1 aromatic rings. The van der Waals surface area contributed by atoms with Crippen LogP contribution in [0.1, 0.15) is 18.4 Å². The summed E-state index contributed by atoms with van der Waals surface area (Å²) in [5.74, 6) is 0. The fourth-order valence-corrected chi connectivity index (χ4v) is 2.08. The lowest BCUT2D eigenvalue weighted by Gasteiger charge is -2.16. The van der Waals surface area contributed by atoms with Gasteiger partial charge in [0.2, 0.25) is 0 Å². The van der Waals surface area contributed by atoms with Crippen LogP contribution in [0.15, 0.2) is 22.7 Å². The first-order valence-corrected chi connectivity index (χ1v) is 6.00. The largest absolute Gasteiger partial charge is 0.299 e. The SMILES string of the molecule is CN(Cc1cc([N+](=O)[O-])ccc1Br)C1CC1. The number of nitrogens with zero attached hydrogens (tertiary/aromatic N) is 2. The molecule has 1 saturated carbocycles. The van der Waals surface area contributed by atoms with E-state index in [1.165, 1.54) is 18.9 Å². The van der Waals surface area contributed by atoms with Gasteiger partial charge in [0.05, 0.1) is 4.92 Å². The average Bonchev–Trinajstić information content (AvgIpc) is 3.04. The van der Waals surface area contributed by atoms with Crippen LogP contribution >= 0.6 is 15.9 Å². The van der Waals surface area contributed by atoms with Gasteiger partial charge in [0.15, 0.2) is 0 Å². The lowest BCUT2D eigenvalue weighted by Crippen LogP contribution is -2.20. The van der Waals surface area contributed by atoms with Crippen LogP contribution in [0.3, 0.4) is 0 Å². The first-order valence-electron chi connectivity index (χ1n) is 5.21. The lowest BCUT2D eigenvalue weighted by molar-refractivity contribution is -0.384. The molecule has 0 amide bonds. The van der Waals surface area contributed by atoms with Crippen LogP contribution in [0.2, 0.25) is 0 Å². The molecule has 0 N–H and O–H groups in total. The van der Waals surface area contributed by atoms with Crippen molar-refractivity contribution in [1.82, 2.24) is 4.90 Å². The highest BCUT2D eigenvalue weighted by Gasteiger charge is 2.26. The fourth-order valence-electron chi connectivity index (χ4n) is 1.71. The topological polar surface area (TPSA) is 46.4 Å². The Hall–Kier alpha value is -0.940. The molecule has 1 aliphatic carbocycles. The summed E-state index contributed by atoms with van der Waals surface area (Å²) in [5.41, 5.74) is 1.13. The van der Waals surface area contributed by atoms with E-state index in [1.54, 1.807) is 12.1 Å².